The zero-order valence-electron chi connectivity index (χ0n) is 17.7. The van der Waals surface area contributed by atoms with Gasteiger partial charge in [0.1, 0.15) is 11.9 Å². The van der Waals surface area contributed by atoms with Gasteiger partial charge in [0.2, 0.25) is 5.56 Å². The molecule has 0 amide bonds. The van der Waals surface area contributed by atoms with Gasteiger partial charge < -0.3 is 14.6 Å². The van der Waals surface area contributed by atoms with Crippen molar-refractivity contribution in [2.24, 2.45) is 7.05 Å². The highest BCUT2D eigenvalue weighted by Gasteiger charge is 2.13. The minimum absolute atomic E-state index is 0.109. The molecule has 0 saturated carbocycles. The van der Waals surface area contributed by atoms with Crippen LogP contribution in [-0.2, 0) is 13.6 Å². The SMILES string of the molecule is Cc1cccc(C#N)c1Oc1nc(NCc2ccccc2)cc(-c2ccc(=O)n(C)c2)n1. The van der Waals surface area contributed by atoms with Gasteiger partial charge in [0, 0.05) is 37.5 Å². The number of aromatic nitrogens is 3. The summed E-state index contributed by atoms with van der Waals surface area (Å²) in [4.78, 5) is 20.9. The van der Waals surface area contributed by atoms with Crippen LogP contribution in [0, 0.1) is 18.3 Å². The molecular formula is C25H21N5O2. The van der Waals surface area contributed by atoms with E-state index in [9.17, 15) is 10.1 Å². The number of hydrogen-bond acceptors (Lipinski definition) is 6. The molecule has 4 rings (SSSR count). The topological polar surface area (TPSA) is 92.8 Å². The Hall–Kier alpha value is -4.44. The Kier molecular flexibility index (Phi) is 5.95. The van der Waals surface area contributed by atoms with E-state index in [0.29, 0.717) is 29.4 Å². The van der Waals surface area contributed by atoms with E-state index in [1.807, 2.05) is 43.3 Å². The summed E-state index contributed by atoms with van der Waals surface area (Å²) in [6.07, 6.45) is 1.71. The molecule has 0 saturated heterocycles. The van der Waals surface area contributed by atoms with Gasteiger partial charge in [-0.25, -0.2) is 0 Å². The van der Waals surface area contributed by atoms with Gasteiger partial charge in [0.15, 0.2) is 5.75 Å². The van der Waals surface area contributed by atoms with Crippen LogP contribution >= 0.6 is 0 Å². The van der Waals surface area contributed by atoms with Crippen molar-refractivity contribution in [1.29, 1.82) is 5.26 Å². The van der Waals surface area contributed by atoms with E-state index in [1.54, 1.807) is 37.5 Å². The molecule has 1 N–H and O–H groups in total. The Morgan fingerprint density at radius 3 is 2.62 bits per heavy atom. The molecule has 32 heavy (non-hydrogen) atoms. The van der Waals surface area contributed by atoms with Gasteiger partial charge in [0.25, 0.3) is 0 Å². The summed E-state index contributed by atoms with van der Waals surface area (Å²) in [7, 11) is 1.69. The molecule has 7 heteroatoms. The molecule has 4 aromatic rings. The Morgan fingerprint density at radius 2 is 1.88 bits per heavy atom. The van der Waals surface area contributed by atoms with Crippen molar-refractivity contribution in [3.8, 4) is 29.1 Å². The second kappa shape index (κ2) is 9.14. The molecule has 0 aliphatic rings. The second-order valence-corrected chi connectivity index (χ2v) is 7.29. The van der Waals surface area contributed by atoms with Gasteiger partial charge in [-0.3, -0.25) is 4.79 Å². The van der Waals surface area contributed by atoms with Crippen LogP contribution in [0.15, 0.2) is 77.7 Å². The minimum Gasteiger partial charge on any atom is -0.423 e. The predicted molar refractivity (Wildman–Crippen MR) is 122 cm³/mol. The van der Waals surface area contributed by atoms with Crippen molar-refractivity contribution >= 4 is 5.82 Å². The smallest absolute Gasteiger partial charge is 0.324 e. The first kappa shape index (κ1) is 20.8. The third kappa shape index (κ3) is 4.65. The quantitative estimate of drug-likeness (QED) is 0.493. The molecule has 2 aromatic carbocycles. The van der Waals surface area contributed by atoms with Crippen molar-refractivity contribution in [1.82, 2.24) is 14.5 Å². The highest BCUT2D eigenvalue weighted by atomic mass is 16.5. The number of nitrogens with zero attached hydrogens (tertiary/aromatic N) is 4. The molecule has 7 nitrogen and oxygen atoms in total. The van der Waals surface area contributed by atoms with Crippen LogP contribution < -0.4 is 15.6 Å². The lowest BCUT2D eigenvalue weighted by atomic mass is 10.1. The third-order valence-electron chi connectivity index (χ3n) is 4.93. The van der Waals surface area contributed by atoms with Crippen molar-refractivity contribution < 1.29 is 4.74 Å². The number of aryl methyl sites for hydroxylation is 2. The van der Waals surface area contributed by atoms with Gasteiger partial charge >= 0.3 is 6.01 Å². The van der Waals surface area contributed by atoms with E-state index in [0.717, 1.165) is 16.7 Å². The van der Waals surface area contributed by atoms with Crippen LogP contribution in [0.25, 0.3) is 11.3 Å². The van der Waals surface area contributed by atoms with Crippen molar-refractivity contribution in [3.05, 3.63) is 100.0 Å². The number of para-hydroxylation sites is 1. The summed E-state index contributed by atoms with van der Waals surface area (Å²) in [5.41, 5.74) is 3.53. The van der Waals surface area contributed by atoms with Crippen LogP contribution in [0.4, 0.5) is 5.82 Å². The van der Waals surface area contributed by atoms with Crippen LogP contribution in [0.2, 0.25) is 0 Å². The van der Waals surface area contributed by atoms with Crippen molar-refractivity contribution in [2.75, 3.05) is 5.32 Å². The van der Waals surface area contributed by atoms with Gasteiger partial charge in [-0.05, 0) is 30.2 Å². The summed E-state index contributed by atoms with van der Waals surface area (Å²) in [6, 6.07) is 22.6. The number of anilines is 1. The highest BCUT2D eigenvalue weighted by molar-refractivity contribution is 5.62. The number of nitrogens with one attached hydrogen (secondary N) is 1. The minimum atomic E-state index is -0.111. The standard InChI is InChI=1S/C25H21N5O2/c1-17-7-6-10-19(14-26)24(17)32-25-28-21(20-11-12-23(31)30(2)16-20)13-22(29-25)27-15-18-8-4-3-5-9-18/h3-13,16H,15H2,1-2H3,(H,27,28,29). The first-order chi connectivity index (χ1) is 15.5. The van der Waals surface area contributed by atoms with E-state index in [1.165, 1.54) is 10.6 Å². The van der Waals surface area contributed by atoms with Crippen LogP contribution in [0.3, 0.4) is 0 Å². The average molecular weight is 423 g/mol. The third-order valence-corrected chi connectivity index (χ3v) is 4.93. The maximum atomic E-state index is 11.8. The van der Waals surface area contributed by atoms with Gasteiger partial charge in [-0.15, -0.1) is 0 Å². The molecule has 0 aliphatic carbocycles. The van der Waals surface area contributed by atoms with Gasteiger partial charge in [0.05, 0.1) is 11.3 Å². The number of ether oxygens (including phenoxy) is 1. The number of rotatable bonds is 6. The maximum absolute atomic E-state index is 11.8. The van der Waals surface area contributed by atoms with Crippen LogP contribution in [0.5, 0.6) is 11.8 Å². The molecule has 0 unspecified atom stereocenters. The molecule has 0 fully saturated rings. The largest absolute Gasteiger partial charge is 0.423 e. The summed E-state index contributed by atoms with van der Waals surface area (Å²) in [5.74, 6) is 0.983. The molecule has 158 valence electrons. The lowest BCUT2D eigenvalue weighted by molar-refractivity contribution is 0.438. The van der Waals surface area contributed by atoms with E-state index in [2.05, 4.69) is 21.4 Å². The Balaban J connectivity index is 1.74. The Labute approximate surface area is 185 Å². The summed E-state index contributed by atoms with van der Waals surface area (Å²) >= 11 is 0. The van der Waals surface area contributed by atoms with Gasteiger partial charge in [-0.1, -0.05) is 42.5 Å². The van der Waals surface area contributed by atoms with Gasteiger partial charge in [-0.2, -0.15) is 15.2 Å². The Morgan fingerprint density at radius 1 is 1.06 bits per heavy atom. The number of pyridine rings is 1. The normalized spacial score (nSPS) is 10.4. The monoisotopic (exact) mass is 423 g/mol. The summed E-state index contributed by atoms with van der Waals surface area (Å²) in [5, 5.41) is 12.8. The lowest BCUT2D eigenvalue weighted by Gasteiger charge is -2.13. The zero-order chi connectivity index (χ0) is 22.5. The molecule has 2 aromatic heterocycles. The molecule has 0 bridgehead atoms. The van der Waals surface area contributed by atoms with Crippen molar-refractivity contribution in [2.45, 2.75) is 13.5 Å². The van der Waals surface area contributed by atoms with E-state index in [-0.39, 0.29) is 11.6 Å². The van der Waals surface area contributed by atoms with Crippen LogP contribution in [0.1, 0.15) is 16.7 Å². The van der Waals surface area contributed by atoms with E-state index >= 15 is 0 Å². The number of nitriles is 1. The fourth-order valence-electron chi connectivity index (χ4n) is 3.21. The van der Waals surface area contributed by atoms with E-state index < -0.39 is 0 Å². The molecule has 2 heterocycles. The molecule has 0 spiro atoms. The maximum Gasteiger partial charge on any atom is 0.324 e. The second-order valence-electron chi connectivity index (χ2n) is 7.29. The van der Waals surface area contributed by atoms with Crippen LogP contribution in [-0.4, -0.2) is 14.5 Å². The molecule has 0 aliphatic heterocycles. The lowest BCUT2D eigenvalue weighted by Crippen LogP contribution is -2.14. The molecule has 0 radical (unpaired) electrons. The average Bonchev–Trinajstić information content (AvgIpc) is 2.81. The molecular weight excluding hydrogens is 402 g/mol. The highest BCUT2D eigenvalue weighted by Crippen LogP contribution is 2.29. The Bertz CT molecular complexity index is 1360. The molecule has 0 atom stereocenters. The zero-order valence-corrected chi connectivity index (χ0v) is 17.7. The summed E-state index contributed by atoms with van der Waals surface area (Å²) < 4.78 is 7.48. The van der Waals surface area contributed by atoms with Crippen molar-refractivity contribution in [3.63, 3.8) is 0 Å². The number of benzene rings is 2. The summed E-state index contributed by atoms with van der Waals surface area (Å²) in [6.45, 7) is 2.43. The fraction of sp³-hybridized carbons (Fsp3) is 0.120. The number of hydrogen-bond donors (Lipinski definition) is 1. The fourth-order valence-corrected chi connectivity index (χ4v) is 3.21. The predicted octanol–water partition coefficient (Wildman–Crippen LogP) is 4.43. The van der Waals surface area contributed by atoms with E-state index in [4.69, 9.17) is 4.74 Å². The first-order valence-electron chi connectivity index (χ1n) is 10.0. The first-order valence-corrected chi connectivity index (χ1v) is 10.0.